The second kappa shape index (κ2) is 8.22. The summed E-state index contributed by atoms with van der Waals surface area (Å²) in [5.41, 5.74) is 4.90. The average molecular weight is 455 g/mol. The van der Waals surface area contributed by atoms with E-state index < -0.39 is 0 Å². The summed E-state index contributed by atoms with van der Waals surface area (Å²) in [6.45, 7) is 1.63. The van der Waals surface area contributed by atoms with Crippen LogP contribution in [0.4, 0.5) is 0 Å². The lowest BCUT2D eigenvalue weighted by atomic mass is 9.64. The van der Waals surface area contributed by atoms with Gasteiger partial charge in [-0.2, -0.15) is 10.2 Å². The third-order valence-electron chi connectivity index (χ3n) is 6.73. The highest BCUT2D eigenvalue weighted by atomic mass is 16.5. The molecule has 2 aliphatic rings. The van der Waals surface area contributed by atoms with Crippen LogP contribution in [-0.2, 0) is 18.2 Å². The molecule has 172 valence electrons. The molecule has 0 radical (unpaired) electrons. The number of benzene rings is 1. The van der Waals surface area contributed by atoms with Crippen molar-refractivity contribution in [3.8, 4) is 17.1 Å². The second-order valence-electron chi connectivity index (χ2n) is 9.49. The third kappa shape index (κ3) is 4.01. The van der Waals surface area contributed by atoms with Gasteiger partial charge < -0.3 is 10.1 Å². The monoisotopic (exact) mass is 454 g/mol. The van der Waals surface area contributed by atoms with Gasteiger partial charge in [-0.1, -0.05) is 24.3 Å². The number of aromatic nitrogens is 5. The Morgan fingerprint density at radius 3 is 2.59 bits per heavy atom. The topological polar surface area (TPSA) is 86.9 Å². The van der Waals surface area contributed by atoms with Crippen molar-refractivity contribution in [3.05, 3.63) is 83.9 Å². The van der Waals surface area contributed by atoms with Crippen molar-refractivity contribution in [2.24, 2.45) is 12.5 Å². The van der Waals surface area contributed by atoms with E-state index in [1.54, 1.807) is 15.6 Å². The lowest BCUT2D eigenvalue weighted by Gasteiger charge is -2.53. The van der Waals surface area contributed by atoms with Crippen LogP contribution < -0.4 is 5.32 Å². The van der Waals surface area contributed by atoms with E-state index in [-0.39, 0.29) is 11.9 Å². The number of nitrogens with one attached hydrogen (secondary N) is 1. The highest BCUT2D eigenvalue weighted by molar-refractivity contribution is 5.93. The first-order valence-corrected chi connectivity index (χ1v) is 11.5. The molecule has 0 unspecified atom stereocenters. The Hall–Kier alpha value is -3.78. The largest absolute Gasteiger partial charge is 0.380 e. The molecule has 1 spiro atoms. The minimum absolute atomic E-state index is 0.138. The molecule has 8 heteroatoms. The van der Waals surface area contributed by atoms with Gasteiger partial charge in [0.25, 0.3) is 5.91 Å². The van der Waals surface area contributed by atoms with Crippen molar-refractivity contribution in [1.29, 1.82) is 0 Å². The molecule has 2 fully saturated rings. The second-order valence-corrected chi connectivity index (χ2v) is 9.49. The number of carbonyl (C=O) groups excluding carboxylic acids is 1. The summed E-state index contributed by atoms with van der Waals surface area (Å²) in [7, 11) is 1.91. The number of carbonyl (C=O) groups is 1. The van der Waals surface area contributed by atoms with Gasteiger partial charge in [0.1, 0.15) is 5.69 Å². The fraction of sp³-hybridized carbons (Fsp3) is 0.308. The zero-order chi connectivity index (χ0) is 23.1. The standard InChI is InChI=1S/C26H26N6O2/c1-31-10-7-22(30-31)20-5-3-18(4-6-20)11-19-12-23(29-24(13-19)32-9-2-8-27-32)25(33)28-21-14-26(15-21)16-34-17-26/h2-10,12-13,21H,11,14-17H2,1H3,(H,28,33). The van der Waals surface area contributed by atoms with E-state index >= 15 is 0 Å². The Morgan fingerprint density at radius 1 is 1.12 bits per heavy atom. The Bertz CT molecular complexity index is 1310. The van der Waals surface area contributed by atoms with Crippen LogP contribution in [-0.4, -0.2) is 49.7 Å². The maximum Gasteiger partial charge on any atom is 0.270 e. The van der Waals surface area contributed by atoms with Crippen LogP contribution in [0.2, 0.25) is 0 Å². The van der Waals surface area contributed by atoms with Gasteiger partial charge in [0, 0.05) is 42.7 Å². The molecule has 34 heavy (non-hydrogen) atoms. The van der Waals surface area contributed by atoms with Crippen LogP contribution in [0.15, 0.2) is 67.1 Å². The fourth-order valence-corrected chi connectivity index (χ4v) is 4.88. The minimum atomic E-state index is -0.138. The first-order valence-electron chi connectivity index (χ1n) is 11.5. The molecular formula is C26H26N6O2. The van der Waals surface area contributed by atoms with E-state index in [1.165, 1.54) is 0 Å². The van der Waals surface area contributed by atoms with Crippen LogP contribution in [0.1, 0.15) is 34.5 Å². The van der Waals surface area contributed by atoms with Crippen LogP contribution in [0.3, 0.4) is 0 Å². The van der Waals surface area contributed by atoms with Gasteiger partial charge in [-0.15, -0.1) is 0 Å². The summed E-state index contributed by atoms with van der Waals surface area (Å²) in [6, 6.07) is 16.3. The van der Waals surface area contributed by atoms with Gasteiger partial charge in [0.2, 0.25) is 0 Å². The summed E-state index contributed by atoms with van der Waals surface area (Å²) in [5.74, 6) is 0.496. The van der Waals surface area contributed by atoms with E-state index in [9.17, 15) is 4.79 Å². The van der Waals surface area contributed by atoms with Crippen molar-refractivity contribution in [3.63, 3.8) is 0 Å². The quantitative estimate of drug-likeness (QED) is 0.484. The molecule has 6 rings (SSSR count). The number of amides is 1. The first kappa shape index (κ1) is 20.8. The molecule has 4 aromatic rings. The van der Waals surface area contributed by atoms with Gasteiger partial charge in [-0.25, -0.2) is 9.67 Å². The minimum Gasteiger partial charge on any atom is -0.380 e. The molecule has 1 saturated heterocycles. The van der Waals surface area contributed by atoms with Crippen LogP contribution in [0, 0.1) is 5.41 Å². The van der Waals surface area contributed by atoms with Gasteiger partial charge in [-0.05, 0) is 54.7 Å². The van der Waals surface area contributed by atoms with E-state index in [4.69, 9.17) is 4.74 Å². The molecule has 4 heterocycles. The zero-order valence-electron chi connectivity index (χ0n) is 19.0. The lowest BCUT2D eigenvalue weighted by Crippen LogP contribution is -2.59. The number of hydrogen-bond acceptors (Lipinski definition) is 5. The summed E-state index contributed by atoms with van der Waals surface area (Å²) in [6.07, 6.45) is 8.12. The van der Waals surface area contributed by atoms with E-state index in [2.05, 4.69) is 44.8 Å². The Labute approximate surface area is 197 Å². The number of aryl methyl sites for hydroxylation is 1. The molecule has 0 bridgehead atoms. The normalized spacial score (nSPS) is 16.7. The Kier molecular flexibility index (Phi) is 5.03. The van der Waals surface area contributed by atoms with Crippen molar-refractivity contribution in [2.45, 2.75) is 25.3 Å². The van der Waals surface area contributed by atoms with E-state index in [1.807, 2.05) is 43.7 Å². The molecule has 1 amide bonds. The van der Waals surface area contributed by atoms with Crippen LogP contribution in [0.25, 0.3) is 17.1 Å². The third-order valence-corrected chi connectivity index (χ3v) is 6.73. The van der Waals surface area contributed by atoms with Crippen molar-refractivity contribution in [1.82, 2.24) is 29.9 Å². The first-order chi connectivity index (χ1) is 16.6. The van der Waals surface area contributed by atoms with Gasteiger partial charge in [0.05, 0.1) is 18.9 Å². The summed E-state index contributed by atoms with van der Waals surface area (Å²) < 4.78 is 8.83. The van der Waals surface area contributed by atoms with E-state index in [0.717, 1.165) is 48.4 Å². The molecule has 1 N–H and O–H groups in total. The van der Waals surface area contributed by atoms with Gasteiger partial charge in [0.15, 0.2) is 5.82 Å². The smallest absolute Gasteiger partial charge is 0.270 e. The van der Waals surface area contributed by atoms with Crippen LogP contribution >= 0.6 is 0 Å². The summed E-state index contributed by atoms with van der Waals surface area (Å²) in [4.78, 5) is 17.7. The molecule has 1 aliphatic carbocycles. The van der Waals surface area contributed by atoms with Gasteiger partial charge >= 0.3 is 0 Å². The lowest BCUT2D eigenvalue weighted by molar-refractivity contribution is -0.165. The van der Waals surface area contributed by atoms with Gasteiger partial charge in [-0.3, -0.25) is 9.48 Å². The molecule has 8 nitrogen and oxygen atoms in total. The van der Waals surface area contributed by atoms with Crippen molar-refractivity contribution < 1.29 is 9.53 Å². The fourth-order valence-electron chi connectivity index (χ4n) is 4.88. The molecule has 0 atom stereocenters. The number of hydrogen-bond donors (Lipinski definition) is 1. The van der Waals surface area contributed by atoms with Crippen molar-refractivity contribution >= 4 is 5.91 Å². The zero-order valence-corrected chi connectivity index (χ0v) is 19.0. The predicted molar refractivity (Wildman–Crippen MR) is 127 cm³/mol. The molecule has 1 aromatic carbocycles. The maximum atomic E-state index is 13.1. The predicted octanol–water partition coefficient (Wildman–Crippen LogP) is 3.17. The molecule has 3 aromatic heterocycles. The maximum absolute atomic E-state index is 13.1. The highest BCUT2D eigenvalue weighted by Crippen LogP contribution is 2.46. The van der Waals surface area contributed by atoms with E-state index in [0.29, 0.717) is 23.3 Å². The number of ether oxygens (including phenoxy) is 1. The Morgan fingerprint density at radius 2 is 1.94 bits per heavy atom. The molecular weight excluding hydrogens is 428 g/mol. The number of rotatable bonds is 6. The van der Waals surface area contributed by atoms with Crippen LogP contribution in [0.5, 0.6) is 0 Å². The Balaban J connectivity index is 1.22. The summed E-state index contributed by atoms with van der Waals surface area (Å²) >= 11 is 0. The molecule has 1 aliphatic heterocycles. The molecule has 1 saturated carbocycles. The SMILES string of the molecule is Cn1ccc(-c2ccc(Cc3cc(C(=O)NC4CC5(COC5)C4)nc(-n4cccn4)c3)cc2)n1. The average Bonchev–Trinajstić information content (AvgIpc) is 3.47. The summed E-state index contributed by atoms with van der Waals surface area (Å²) in [5, 5.41) is 11.9. The number of pyridine rings is 1. The van der Waals surface area contributed by atoms with Crippen molar-refractivity contribution in [2.75, 3.05) is 13.2 Å². The highest BCUT2D eigenvalue weighted by Gasteiger charge is 2.50. The number of nitrogens with zero attached hydrogens (tertiary/aromatic N) is 5.